The highest BCUT2D eigenvalue weighted by Crippen LogP contribution is 2.24. The molecule has 2 aromatic carbocycles. The van der Waals surface area contributed by atoms with Gasteiger partial charge in [0.15, 0.2) is 0 Å². The third kappa shape index (κ3) is 5.34. The molecule has 2 aromatic heterocycles. The van der Waals surface area contributed by atoms with Crippen LogP contribution in [0, 0.1) is 6.92 Å². The van der Waals surface area contributed by atoms with E-state index in [2.05, 4.69) is 25.3 Å². The van der Waals surface area contributed by atoms with Gasteiger partial charge in [0.2, 0.25) is 5.95 Å². The fraction of sp³-hybridized carbons (Fsp3) is 0.0909. The lowest BCUT2D eigenvalue weighted by Gasteiger charge is -2.11. The predicted octanol–water partition coefficient (Wildman–Crippen LogP) is 5.14. The van der Waals surface area contributed by atoms with Gasteiger partial charge in [-0.2, -0.15) is 4.98 Å². The van der Waals surface area contributed by atoms with Crippen LogP contribution in [0.15, 0.2) is 76.3 Å². The highest BCUT2D eigenvalue weighted by atomic mass is 32.2. The van der Waals surface area contributed by atoms with Crippen LogP contribution in [0.5, 0.6) is 5.75 Å². The first-order chi connectivity index (χ1) is 15.4. The lowest BCUT2D eigenvalue weighted by atomic mass is 10.3. The van der Waals surface area contributed by atoms with E-state index in [1.807, 2.05) is 37.3 Å². The number of aryl methyl sites for hydroxylation is 1. The topological polar surface area (TPSA) is 105 Å². The number of nitrogens with one attached hydrogen (secondary N) is 3. The quantitative estimate of drug-likeness (QED) is 0.329. The van der Waals surface area contributed by atoms with Crippen molar-refractivity contribution in [2.24, 2.45) is 0 Å². The van der Waals surface area contributed by atoms with Gasteiger partial charge in [0, 0.05) is 28.8 Å². The summed E-state index contributed by atoms with van der Waals surface area (Å²) in [4.78, 5) is 8.93. The van der Waals surface area contributed by atoms with E-state index in [0.717, 1.165) is 22.8 Å². The molecule has 10 heteroatoms. The van der Waals surface area contributed by atoms with E-state index in [0.29, 0.717) is 17.5 Å². The molecule has 2 heterocycles. The third-order valence-electron chi connectivity index (χ3n) is 4.37. The Labute approximate surface area is 190 Å². The molecule has 0 fully saturated rings. The van der Waals surface area contributed by atoms with Crippen molar-refractivity contribution in [3.05, 3.63) is 77.8 Å². The summed E-state index contributed by atoms with van der Waals surface area (Å²) in [7, 11) is -1.96. The second kappa shape index (κ2) is 9.25. The summed E-state index contributed by atoms with van der Waals surface area (Å²) >= 11 is 1.17. The Balaban J connectivity index is 1.45. The third-order valence-corrected chi connectivity index (χ3v) is 7.15. The number of rotatable bonds is 8. The lowest BCUT2D eigenvalue weighted by Crippen LogP contribution is -2.11. The molecule has 0 aliphatic rings. The first kappa shape index (κ1) is 21.6. The monoisotopic (exact) mass is 467 g/mol. The zero-order valence-electron chi connectivity index (χ0n) is 17.4. The minimum Gasteiger partial charge on any atom is -0.497 e. The van der Waals surface area contributed by atoms with Crippen LogP contribution in [0.3, 0.4) is 0 Å². The molecule has 0 radical (unpaired) electrons. The largest absolute Gasteiger partial charge is 0.497 e. The summed E-state index contributed by atoms with van der Waals surface area (Å²) in [6, 6.07) is 19.5. The Kier molecular flexibility index (Phi) is 6.24. The van der Waals surface area contributed by atoms with Crippen LogP contribution >= 0.6 is 11.3 Å². The number of nitrogens with zero attached hydrogens (tertiary/aromatic N) is 2. The molecule has 0 aliphatic heterocycles. The van der Waals surface area contributed by atoms with Gasteiger partial charge in [0.25, 0.3) is 10.0 Å². The molecule has 0 spiro atoms. The first-order valence-electron chi connectivity index (χ1n) is 9.61. The maximum absolute atomic E-state index is 12.3. The summed E-state index contributed by atoms with van der Waals surface area (Å²) in [5.41, 5.74) is 2.86. The van der Waals surface area contributed by atoms with Crippen LogP contribution < -0.4 is 20.1 Å². The second-order valence-electron chi connectivity index (χ2n) is 6.81. The van der Waals surface area contributed by atoms with Crippen LogP contribution in [-0.4, -0.2) is 25.5 Å². The van der Waals surface area contributed by atoms with Crippen molar-refractivity contribution in [1.82, 2.24) is 9.97 Å². The van der Waals surface area contributed by atoms with Gasteiger partial charge < -0.3 is 15.4 Å². The van der Waals surface area contributed by atoms with Crippen molar-refractivity contribution in [1.29, 1.82) is 0 Å². The summed E-state index contributed by atoms with van der Waals surface area (Å²) < 4.78 is 32.7. The van der Waals surface area contributed by atoms with E-state index in [1.165, 1.54) is 11.3 Å². The van der Waals surface area contributed by atoms with Gasteiger partial charge in [-0.15, -0.1) is 11.3 Å². The van der Waals surface area contributed by atoms with Crippen LogP contribution in [0.2, 0.25) is 0 Å². The van der Waals surface area contributed by atoms with E-state index in [-0.39, 0.29) is 4.21 Å². The van der Waals surface area contributed by atoms with Crippen LogP contribution in [-0.2, 0) is 10.0 Å². The number of hydrogen-bond donors (Lipinski definition) is 3. The Hall–Kier alpha value is -3.63. The van der Waals surface area contributed by atoms with Gasteiger partial charge >= 0.3 is 0 Å². The van der Waals surface area contributed by atoms with Crippen molar-refractivity contribution < 1.29 is 13.2 Å². The van der Waals surface area contributed by atoms with Gasteiger partial charge in [0.05, 0.1) is 7.11 Å². The van der Waals surface area contributed by atoms with Gasteiger partial charge in [-0.05, 0) is 66.9 Å². The second-order valence-corrected chi connectivity index (χ2v) is 9.67. The van der Waals surface area contributed by atoms with E-state index < -0.39 is 10.0 Å². The van der Waals surface area contributed by atoms with Crippen molar-refractivity contribution in [3.8, 4) is 5.75 Å². The maximum Gasteiger partial charge on any atom is 0.271 e. The smallest absolute Gasteiger partial charge is 0.271 e. The molecule has 0 saturated carbocycles. The Morgan fingerprint density at radius 3 is 2.19 bits per heavy atom. The zero-order chi connectivity index (χ0) is 22.6. The number of ether oxygens (including phenoxy) is 1. The van der Waals surface area contributed by atoms with Gasteiger partial charge in [0.1, 0.15) is 15.8 Å². The van der Waals surface area contributed by atoms with E-state index in [1.54, 1.807) is 48.9 Å². The minimum atomic E-state index is -3.58. The first-order valence-corrected chi connectivity index (χ1v) is 12.0. The van der Waals surface area contributed by atoms with Gasteiger partial charge in [-0.25, -0.2) is 13.4 Å². The summed E-state index contributed by atoms with van der Waals surface area (Å²) in [6.45, 7) is 1.88. The van der Waals surface area contributed by atoms with E-state index >= 15 is 0 Å². The lowest BCUT2D eigenvalue weighted by molar-refractivity contribution is 0.415. The van der Waals surface area contributed by atoms with Crippen LogP contribution in [0.4, 0.5) is 28.8 Å². The number of benzene rings is 2. The standard InChI is InChI=1S/C22H21N5O3S2/c1-15-14-20(24-16-9-11-19(30-2)12-10-16)26-22(23-15)25-17-5-7-18(8-6-17)27-32(28,29)21-4-3-13-31-21/h3-14,27H,1-2H3,(H2,23,24,25,26). The normalized spacial score (nSPS) is 11.1. The molecule has 0 bridgehead atoms. The van der Waals surface area contributed by atoms with Crippen molar-refractivity contribution >= 4 is 50.2 Å². The number of methoxy groups -OCH3 is 1. The molecular formula is C22H21N5O3S2. The number of hydrogen-bond acceptors (Lipinski definition) is 8. The van der Waals surface area contributed by atoms with Crippen LogP contribution in [0.25, 0.3) is 0 Å². The summed E-state index contributed by atoms with van der Waals surface area (Å²) in [6.07, 6.45) is 0. The van der Waals surface area contributed by atoms with Crippen LogP contribution in [0.1, 0.15) is 5.69 Å². The fourth-order valence-electron chi connectivity index (χ4n) is 2.88. The summed E-state index contributed by atoms with van der Waals surface area (Å²) in [5, 5.41) is 8.12. The molecule has 0 atom stereocenters. The number of anilines is 5. The molecule has 0 saturated heterocycles. The molecule has 164 valence electrons. The molecule has 0 aliphatic carbocycles. The summed E-state index contributed by atoms with van der Waals surface area (Å²) in [5.74, 6) is 1.84. The Morgan fingerprint density at radius 1 is 0.875 bits per heavy atom. The van der Waals surface area contributed by atoms with Gasteiger partial charge in [-0.3, -0.25) is 4.72 Å². The average molecular weight is 468 g/mol. The number of aromatic nitrogens is 2. The average Bonchev–Trinajstić information content (AvgIpc) is 3.31. The SMILES string of the molecule is COc1ccc(Nc2cc(C)nc(Nc3ccc(NS(=O)(=O)c4cccs4)cc3)n2)cc1. The van der Waals surface area contributed by atoms with E-state index in [4.69, 9.17) is 4.74 Å². The molecule has 8 nitrogen and oxygen atoms in total. The van der Waals surface area contributed by atoms with Crippen molar-refractivity contribution in [2.75, 3.05) is 22.5 Å². The molecule has 4 rings (SSSR count). The Morgan fingerprint density at radius 2 is 1.53 bits per heavy atom. The zero-order valence-corrected chi connectivity index (χ0v) is 19.0. The highest BCUT2D eigenvalue weighted by molar-refractivity contribution is 7.94. The molecule has 4 aromatic rings. The highest BCUT2D eigenvalue weighted by Gasteiger charge is 2.15. The fourth-order valence-corrected chi connectivity index (χ4v) is 4.93. The number of sulfonamides is 1. The van der Waals surface area contributed by atoms with E-state index in [9.17, 15) is 8.42 Å². The predicted molar refractivity (Wildman–Crippen MR) is 128 cm³/mol. The number of thiophene rings is 1. The molecule has 0 amide bonds. The van der Waals surface area contributed by atoms with Gasteiger partial charge in [-0.1, -0.05) is 6.07 Å². The molecule has 3 N–H and O–H groups in total. The van der Waals surface area contributed by atoms with Crippen molar-refractivity contribution in [2.45, 2.75) is 11.1 Å². The Bertz CT molecular complexity index is 1290. The molecule has 32 heavy (non-hydrogen) atoms. The molecule has 0 unspecified atom stereocenters. The molecular weight excluding hydrogens is 446 g/mol. The van der Waals surface area contributed by atoms with Crippen molar-refractivity contribution in [3.63, 3.8) is 0 Å². The maximum atomic E-state index is 12.3. The minimum absolute atomic E-state index is 0.268.